The summed E-state index contributed by atoms with van der Waals surface area (Å²) in [4.78, 5) is 0.268. The highest BCUT2D eigenvalue weighted by molar-refractivity contribution is 7.92. The van der Waals surface area contributed by atoms with Gasteiger partial charge < -0.3 is 10.5 Å². The number of benzene rings is 2. The number of ether oxygens (including phenoxy) is 1. The van der Waals surface area contributed by atoms with Crippen molar-refractivity contribution in [1.82, 2.24) is 0 Å². The fraction of sp³-hybridized carbons (Fsp3) is 0.333. The minimum Gasteiger partial charge on any atom is -0.384 e. The predicted octanol–water partition coefficient (Wildman–Crippen LogP) is 2.87. The number of methoxy groups -OCH3 is 1. The lowest BCUT2D eigenvalue weighted by Gasteiger charge is -2.15. The van der Waals surface area contributed by atoms with Gasteiger partial charge in [-0.15, -0.1) is 0 Å². The summed E-state index contributed by atoms with van der Waals surface area (Å²) in [6, 6.07) is 15.9. The van der Waals surface area contributed by atoms with Gasteiger partial charge in [0.1, 0.15) is 0 Å². The number of rotatable bonds is 6. The summed E-state index contributed by atoms with van der Waals surface area (Å²) in [7, 11) is -1.97. The predicted molar refractivity (Wildman–Crippen MR) is 95.0 cm³/mol. The van der Waals surface area contributed by atoms with Crippen molar-refractivity contribution < 1.29 is 13.2 Å². The highest BCUT2D eigenvalue weighted by Gasteiger charge is 2.70. The molecule has 2 aromatic rings. The molecule has 2 N–H and O–H groups in total. The number of halogens is 1. The summed E-state index contributed by atoms with van der Waals surface area (Å²) in [6.45, 7) is 0.554. The van der Waals surface area contributed by atoms with Crippen LogP contribution in [0.1, 0.15) is 11.5 Å². The Morgan fingerprint density at radius 3 is 2.29 bits per heavy atom. The third kappa shape index (κ3) is 2.75. The zero-order valence-corrected chi connectivity index (χ0v) is 14.9. The first kappa shape index (κ1) is 17.4. The molecule has 0 saturated heterocycles. The third-order valence-corrected chi connectivity index (χ3v) is 7.40. The van der Waals surface area contributed by atoms with Crippen LogP contribution in [-0.2, 0) is 14.6 Å². The topological polar surface area (TPSA) is 69.4 Å². The monoisotopic (exact) mass is 365 g/mol. The smallest absolute Gasteiger partial charge is 0.182 e. The molecule has 0 bridgehead atoms. The molecule has 0 heterocycles. The van der Waals surface area contributed by atoms with E-state index in [1.165, 1.54) is 0 Å². The summed E-state index contributed by atoms with van der Waals surface area (Å²) in [5.74, 6) is -0.177. The van der Waals surface area contributed by atoms with E-state index in [0.29, 0.717) is 11.6 Å². The lowest BCUT2D eigenvalue weighted by atomic mass is 10.0. The van der Waals surface area contributed by atoms with Gasteiger partial charge in [0.2, 0.25) is 0 Å². The normalized spacial score (nSPS) is 26.3. The van der Waals surface area contributed by atoms with E-state index in [9.17, 15) is 8.42 Å². The van der Waals surface area contributed by atoms with Crippen molar-refractivity contribution in [2.45, 2.75) is 16.1 Å². The minimum atomic E-state index is -3.54. The molecule has 4 nitrogen and oxygen atoms in total. The Morgan fingerprint density at radius 2 is 1.75 bits per heavy atom. The zero-order chi connectivity index (χ0) is 17.4. The minimum absolute atomic E-state index is 0.177. The van der Waals surface area contributed by atoms with Gasteiger partial charge in [-0.25, -0.2) is 8.42 Å². The summed E-state index contributed by atoms with van der Waals surface area (Å²) >= 11 is 5.88. The van der Waals surface area contributed by atoms with Crippen molar-refractivity contribution in [3.63, 3.8) is 0 Å². The molecular formula is C18H20ClNO3S. The zero-order valence-electron chi connectivity index (χ0n) is 13.4. The molecule has 0 aliphatic heterocycles. The summed E-state index contributed by atoms with van der Waals surface area (Å²) in [5, 5.41) is -0.0927. The molecule has 1 fully saturated rings. The Hall–Kier alpha value is -1.40. The van der Waals surface area contributed by atoms with E-state index < -0.39 is 20.5 Å². The second kappa shape index (κ2) is 6.48. The second-order valence-electron chi connectivity index (χ2n) is 6.18. The van der Waals surface area contributed by atoms with E-state index in [4.69, 9.17) is 22.1 Å². The van der Waals surface area contributed by atoms with E-state index in [-0.39, 0.29) is 17.4 Å². The first-order valence-corrected chi connectivity index (χ1v) is 9.63. The Bertz CT molecular complexity index is 808. The molecule has 1 aliphatic rings. The standard InChI is InChI=1S/C18H20ClNO3S/c1-23-12-18(11-20)16(13-5-3-2-4-6-13)17(18)24(21,22)15-9-7-14(19)8-10-15/h2-10,16-17H,11-12,20H2,1H3/t16-,17+,18-/m1/s1. The van der Waals surface area contributed by atoms with Crippen molar-refractivity contribution in [2.75, 3.05) is 20.3 Å². The largest absolute Gasteiger partial charge is 0.384 e. The highest BCUT2D eigenvalue weighted by Crippen LogP contribution is 2.63. The third-order valence-electron chi connectivity index (χ3n) is 4.81. The Morgan fingerprint density at radius 1 is 1.12 bits per heavy atom. The summed E-state index contributed by atoms with van der Waals surface area (Å²) in [5.41, 5.74) is 6.38. The van der Waals surface area contributed by atoms with Crippen LogP contribution in [0.15, 0.2) is 59.5 Å². The van der Waals surface area contributed by atoms with E-state index in [1.807, 2.05) is 30.3 Å². The lowest BCUT2D eigenvalue weighted by molar-refractivity contribution is 0.142. The molecule has 0 aromatic heterocycles. The molecule has 24 heavy (non-hydrogen) atoms. The van der Waals surface area contributed by atoms with Crippen molar-refractivity contribution in [3.8, 4) is 0 Å². The summed E-state index contributed by atoms with van der Waals surface area (Å²) < 4.78 is 31.7. The van der Waals surface area contributed by atoms with Crippen LogP contribution in [0.2, 0.25) is 5.02 Å². The van der Waals surface area contributed by atoms with Crippen molar-refractivity contribution >= 4 is 21.4 Å². The fourth-order valence-electron chi connectivity index (χ4n) is 3.62. The van der Waals surface area contributed by atoms with Gasteiger partial charge in [0.25, 0.3) is 0 Å². The molecule has 0 spiro atoms. The molecule has 2 aromatic carbocycles. The second-order valence-corrected chi connectivity index (χ2v) is 8.68. The van der Waals surface area contributed by atoms with Crippen LogP contribution in [-0.4, -0.2) is 33.9 Å². The van der Waals surface area contributed by atoms with Gasteiger partial charge in [-0.2, -0.15) is 0 Å². The maximum atomic E-state index is 13.2. The van der Waals surface area contributed by atoms with Crippen LogP contribution in [0.3, 0.4) is 0 Å². The van der Waals surface area contributed by atoms with Gasteiger partial charge in [0.05, 0.1) is 16.8 Å². The van der Waals surface area contributed by atoms with Gasteiger partial charge in [0, 0.05) is 30.0 Å². The van der Waals surface area contributed by atoms with E-state index in [1.54, 1.807) is 31.4 Å². The van der Waals surface area contributed by atoms with Gasteiger partial charge in [-0.3, -0.25) is 0 Å². The lowest BCUT2D eigenvalue weighted by Crippen LogP contribution is -2.28. The van der Waals surface area contributed by atoms with Gasteiger partial charge in [-0.05, 0) is 29.8 Å². The molecule has 1 aliphatic carbocycles. The fourth-order valence-corrected chi connectivity index (χ4v) is 6.19. The van der Waals surface area contributed by atoms with E-state index >= 15 is 0 Å². The average molecular weight is 366 g/mol. The van der Waals surface area contributed by atoms with Crippen molar-refractivity contribution in [1.29, 1.82) is 0 Å². The van der Waals surface area contributed by atoms with Gasteiger partial charge >= 0.3 is 0 Å². The molecule has 3 rings (SSSR count). The first-order chi connectivity index (χ1) is 11.5. The molecule has 128 valence electrons. The number of hydrogen-bond acceptors (Lipinski definition) is 4. The molecule has 0 unspecified atom stereocenters. The van der Waals surface area contributed by atoms with Crippen LogP contribution in [0.4, 0.5) is 0 Å². The van der Waals surface area contributed by atoms with Gasteiger partial charge in [0.15, 0.2) is 9.84 Å². The highest BCUT2D eigenvalue weighted by atomic mass is 35.5. The van der Waals surface area contributed by atoms with Crippen LogP contribution >= 0.6 is 11.6 Å². The maximum absolute atomic E-state index is 13.2. The molecule has 6 heteroatoms. The Kier molecular flexibility index (Phi) is 4.71. The first-order valence-electron chi connectivity index (χ1n) is 7.71. The van der Waals surface area contributed by atoms with Crippen molar-refractivity contribution in [3.05, 3.63) is 65.2 Å². The van der Waals surface area contributed by atoms with Crippen molar-refractivity contribution in [2.24, 2.45) is 11.1 Å². The van der Waals surface area contributed by atoms with Crippen LogP contribution in [0.25, 0.3) is 0 Å². The molecular weight excluding hydrogens is 346 g/mol. The van der Waals surface area contributed by atoms with E-state index in [2.05, 4.69) is 0 Å². The number of hydrogen-bond donors (Lipinski definition) is 1. The summed E-state index contributed by atoms with van der Waals surface area (Å²) in [6.07, 6.45) is 0. The SMILES string of the molecule is COC[C@]1(CN)[C@H](c2ccccc2)[C@@H]1S(=O)(=O)c1ccc(Cl)cc1. The molecule has 1 saturated carbocycles. The molecule has 0 amide bonds. The Balaban J connectivity index is 2.05. The maximum Gasteiger partial charge on any atom is 0.182 e. The van der Waals surface area contributed by atoms with E-state index in [0.717, 1.165) is 5.56 Å². The quantitative estimate of drug-likeness (QED) is 0.854. The van der Waals surface area contributed by atoms with Crippen LogP contribution in [0, 0.1) is 5.41 Å². The van der Waals surface area contributed by atoms with Crippen LogP contribution < -0.4 is 5.73 Å². The Labute approximate surface area is 147 Å². The number of sulfone groups is 1. The average Bonchev–Trinajstić information content (AvgIpc) is 3.26. The van der Waals surface area contributed by atoms with Gasteiger partial charge in [-0.1, -0.05) is 41.9 Å². The van der Waals surface area contributed by atoms with Crippen LogP contribution in [0.5, 0.6) is 0 Å². The molecule has 0 radical (unpaired) electrons. The number of nitrogens with two attached hydrogens (primary N) is 1. The molecule has 3 atom stereocenters.